The Morgan fingerprint density at radius 2 is 1.81 bits per heavy atom. The summed E-state index contributed by atoms with van der Waals surface area (Å²) in [4.78, 5) is 24.9. The van der Waals surface area contributed by atoms with Crippen LogP contribution in [0, 0.1) is 34.5 Å². The summed E-state index contributed by atoms with van der Waals surface area (Å²) in [5.41, 5.74) is -0.120. The number of carbonyl (C=O) groups excluding carboxylic acids is 2. The highest BCUT2D eigenvalue weighted by Crippen LogP contribution is 2.48. The lowest BCUT2D eigenvalue weighted by Crippen LogP contribution is -2.45. The van der Waals surface area contributed by atoms with Gasteiger partial charge in [0.2, 0.25) is 0 Å². The Morgan fingerprint density at radius 3 is 2.44 bits per heavy atom. The van der Waals surface area contributed by atoms with E-state index in [1.807, 2.05) is 0 Å². The smallest absolute Gasteiger partial charge is 0.311 e. The Morgan fingerprint density at radius 1 is 1.11 bits per heavy atom. The van der Waals surface area contributed by atoms with Crippen molar-refractivity contribution in [1.29, 1.82) is 0 Å². The molecule has 5 nitrogen and oxygen atoms in total. The summed E-state index contributed by atoms with van der Waals surface area (Å²) in [7, 11) is 0. The Labute approximate surface area is 163 Å². The first-order chi connectivity index (χ1) is 12.4. The van der Waals surface area contributed by atoms with Crippen LogP contribution in [0.4, 0.5) is 0 Å². The van der Waals surface area contributed by atoms with Gasteiger partial charge in [0, 0.05) is 0 Å². The second kappa shape index (κ2) is 7.38. The second-order valence-corrected chi connectivity index (χ2v) is 11.1. The van der Waals surface area contributed by atoms with E-state index in [1.54, 1.807) is 0 Å². The van der Waals surface area contributed by atoms with E-state index >= 15 is 0 Å². The summed E-state index contributed by atoms with van der Waals surface area (Å²) in [5, 5.41) is 0. The summed E-state index contributed by atoms with van der Waals surface area (Å²) in [6, 6.07) is 0. The van der Waals surface area contributed by atoms with Gasteiger partial charge < -0.3 is 14.2 Å². The number of fused-ring (bicyclic) bond motifs is 1. The van der Waals surface area contributed by atoms with Crippen molar-refractivity contribution in [2.24, 2.45) is 34.5 Å². The fraction of sp³-hybridized carbons (Fsp3) is 0.909. The molecule has 6 atom stereocenters. The maximum atomic E-state index is 12.7. The molecule has 0 spiro atoms. The summed E-state index contributed by atoms with van der Waals surface area (Å²) in [5.74, 6) is 0.506. The zero-order valence-electron chi connectivity index (χ0n) is 17.7. The molecule has 4 bridgehead atoms. The van der Waals surface area contributed by atoms with Crippen molar-refractivity contribution in [2.75, 3.05) is 6.79 Å². The van der Waals surface area contributed by atoms with Crippen molar-refractivity contribution in [1.82, 2.24) is 0 Å². The van der Waals surface area contributed by atoms with Crippen molar-refractivity contribution < 1.29 is 23.8 Å². The van der Waals surface area contributed by atoms with Crippen LogP contribution in [0.5, 0.6) is 0 Å². The highest BCUT2D eigenvalue weighted by molar-refractivity contribution is 5.74. The molecule has 0 aromatic carbocycles. The summed E-state index contributed by atoms with van der Waals surface area (Å²) in [6.07, 6.45) is 4.24. The van der Waals surface area contributed by atoms with Crippen LogP contribution < -0.4 is 0 Å². The average Bonchev–Trinajstić information content (AvgIpc) is 2.68. The third kappa shape index (κ3) is 4.85. The maximum absolute atomic E-state index is 12.7. The van der Waals surface area contributed by atoms with Gasteiger partial charge in [-0.25, -0.2) is 0 Å². The molecule has 2 saturated heterocycles. The molecule has 5 heteroatoms. The second-order valence-electron chi connectivity index (χ2n) is 11.1. The fourth-order valence-electron chi connectivity index (χ4n) is 5.13. The maximum Gasteiger partial charge on any atom is 0.311 e. The van der Waals surface area contributed by atoms with Gasteiger partial charge in [0.25, 0.3) is 0 Å². The van der Waals surface area contributed by atoms with Gasteiger partial charge in [-0.2, -0.15) is 0 Å². The first kappa shape index (κ1) is 20.6. The molecule has 0 N–H and O–H groups in total. The monoisotopic (exact) mass is 380 g/mol. The van der Waals surface area contributed by atoms with Crippen molar-refractivity contribution in [3.8, 4) is 0 Å². The normalized spacial score (nSPS) is 34.1. The minimum atomic E-state index is -0.198. The molecule has 154 valence electrons. The van der Waals surface area contributed by atoms with E-state index in [1.165, 1.54) is 0 Å². The topological polar surface area (TPSA) is 61.8 Å². The van der Waals surface area contributed by atoms with Gasteiger partial charge in [0.1, 0.15) is 12.2 Å². The molecule has 2 aliphatic heterocycles. The lowest BCUT2D eigenvalue weighted by Gasteiger charge is -2.41. The molecule has 4 rings (SSSR count). The van der Waals surface area contributed by atoms with Gasteiger partial charge in [-0.15, -0.1) is 0 Å². The summed E-state index contributed by atoms with van der Waals surface area (Å²) >= 11 is 0. The standard InChI is InChI=1S/C22H36O5/c1-21(2,3)11-16(22(4,5)6)20(24)26-12-25-18-14-7-13-8-15(10-14)19(23)27-17(18)9-13/h13-18H,7-12H2,1-6H3. The van der Waals surface area contributed by atoms with E-state index < -0.39 is 0 Å². The molecule has 2 aliphatic carbocycles. The Balaban J connectivity index is 1.57. The van der Waals surface area contributed by atoms with E-state index in [9.17, 15) is 9.59 Å². The van der Waals surface area contributed by atoms with Crippen LogP contribution in [-0.4, -0.2) is 30.9 Å². The van der Waals surface area contributed by atoms with Crippen molar-refractivity contribution >= 4 is 11.9 Å². The van der Waals surface area contributed by atoms with Crippen LogP contribution in [0.2, 0.25) is 0 Å². The zero-order chi connectivity index (χ0) is 20.0. The lowest BCUT2D eigenvalue weighted by atomic mass is 9.67. The molecule has 2 heterocycles. The molecule has 6 unspecified atom stereocenters. The molecule has 4 aliphatic rings. The average molecular weight is 381 g/mol. The minimum Gasteiger partial charge on any atom is -0.459 e. The van der Waals surface area contributed by atoms with Crippen LogP contribution in [-0.2, 0) is 23.8 Å². The quantitative estimate of drug-likeness (QED) is 0.525. The van der Waals surface area contributed by atoms with Crippen LogP contribution in [0.1, 0.15) is 73.6 Å². The number of ether oxygens (including phenoxy) is 3. The van der Waals surface area contributed by atoms with E-state index in [4.69, 9.17) is 14.2 Å². The van der Waals surface area contributed by atoms with Gasteiger partial charge in [-0.3, -0.25) is 9.59 Å². The molecule has 27 heavy (non-hydrogen) atoms. The largest absolute Gasteiger partial charge is 0.459 e. The lowest BCUT2D eigenvalue weighted by molar-refractivity contribution is -0.190. The van der Waals surface area contributed by atoms with E-state index in [2.05, 4.69) is 41.5 Å². The Kier molecular flexibility index (Phi) is 5.64. The van der Waals surface area contributed by atoms with E-state index in [0.29, 0.717) is 11.8 Å². The fourth-order valence-corrected chi connectivity index (χ4v) is 5.13. The highest BCUT2D eigenvalue weighted by Gasteiger charge is 2.50. The summed E-state index contributed by atoms with van der Waals surface area (Å²) in [6.45, 7) is 12.6. The van der Waals surface area contributed by atoms with Crippen molar-refractivity contribution in [3.05, 3.63) is 0 Å². The minimum absolute atomic E-state index is 0.0342. The molecule has 0 aromatic rings. The van der Waals surface area contributed by atoms with Crippen LogP contribution in [0.15, 0.2) is 0 Å². The van der Waals surface area contributed by atoms with Gasteiger partial charge in [0.15, 0.2) is 6.79 Å². The number of hydrogen-bond donors (Lipinski definition) is 0. The molecular weight excluding hydrogens is 344 g/mol. The summed E-state index contributed by atoms with van der Waals surface area (Å²) < 4.78 is 17.2. The molecule has 4 fully saturated rings. The zero-order valence-corrected chi connectivity index (χ0v) is 17.7. The van der Waals surface area contributed by atoms with Crippen LogP contribution >= 0.6 is 0 Å². The molecule has 0 radical (unpaired) electrons. The molecule has 0 aromatic heterocycles. The first-order valence-corrected chi connectivity index (χ1v) is 10.4. The number of carbonyl (C=O) groups is 2. The first-order valence-electron chi connectivity index (χ1n) is 10.4. The van der Waals surface area contributed by atoms with E-state index in [-0.39, 0.29) is 53.6 Å². The van der Waals surface area contributed by atoms with Gasteiger partial charge in [-0.1, -0.05) is 41.5 Å². The number of hydrogen-bond acceptors (Lipinski definition) is 5. The molecular formula is C22H36O5. The number of rotatable bonds is 5. The third-order valence-corrected chi connectivity index (χ3v) is 6.45. The number of esters is 2. The van der Waals surface area contributed by atoms with Crippen LogP contribution in [0.3, 0.4) is 0 Å². The SMILES string of the molecule is CC(C)(C)CC(C(=O)OCOC1C2CC3CC(C2)C(=O)OC1C3)C(C)(C)C. The Bertz CT molecular complexity index is 570. The van der Waals surface area contributed by atoms with Crippen molar-refractivity contribution in [3.63, 3.8) is 0 Å². The molecule has 0 amide bonds. The van der Waals surface area contributed by atoms with E-state index in [0.717, 1.165) is 32.1 Å². The predicted molar refractivity (Wildman–Crippen MR) is 102 cm³/mol. The Hall–Kier alpha value is -1.10. The van der Waals surface area contributed by atoms with Crippen molar-refractivity contribution in [2.45, 2.75) is 85.9 Å². The highest BCUT2D eigenvalue weighted by atomic mass is 16.7. The predicted octanol–water partition coefficient (Wildman–Crippen LogP) is 4.33. The van der Waals surface area contributed by atoms with Crippen LogP contribution in [0.25, 0.3) is 0 Å². The van der Waals surface area contributed by atoms with Gasteiger partial charge in [0.05, 0.1) is 11.8 Å². The third-order valence-electron chi connectivity index (χ3n) is 6.45. The van der Waals surface area contributed by atoms with Gasteiger partial charge >= 0.3 is 11.9 Å². The molecule has 2 saturated carbocycles. The van der Waals surface area contributed by atoms with Gasteiger partial charge in [-0.05, 0) is 54.8 Å².